The van der Waals surface area contributed by atoms with Crippen molar-refractivity contribution in [3.63, 3.8) is 0 Å². The van der Waals surface area contributed by atoms with Gasteiger partial charge in [-0.3, -0.25) is 4.99 Å². The van der Waals surface area contributed by atoms with Crippen LogP contribution in [0.3, 0.4) is 0 Å². The number of aliphatic imine (C=N–C) groups is 1. The Morgan fingerprint density at radius 1 is 1.00 bits per heavy atom. The van der Waals surface area contributed by atoms with Gasteiger partial charge in [0.25, 0.3) is 0 Å². The molecule has 0 fully saturated rings. The highest BCUT2D eigenvalue weighted by molar-refractivity contribution is 9.09. The van der Waals surface area contributed by atoms with Crippen molar-refractivity contribution in [2.45, 2.75) is 44.5 Å². The zero-order valence-electron chi connectivity index (χ0n) is 15.8. The lowest BCUT2D eigenvalue weighted by Crippen LogP contribution is -2.27. The van der Waals surface area contributed by atoms with Gasteiger partial charge in [-0.25, -0.2) is 0 Å². The largest absolute Gasteiger partial charge is 0.343 e. The van der Waals surface area contributed by atoms with E-state index in [1.807, 2.05) is 11.8 Å². The van der Waals surface area contributed by atoms with Crippen LogP contribution >= 0.6 is 27.7 Å². The first kappa shape index (κ1) is 19.5. The summed E-state index contributed by atoms with van der Waals surface area (Å²) < 4.78 is 0. The molecule has 1 aliphatic rings. The Morgan fingerprint density at radius 2 is 1.62 bits per heavy atom. The molecule has 2 nitrogen and oxygen atoms in total. The van der Waals surface area contributed by atoms with E-state index in [1.165, 1.54) is 21.9 Å². The predicted octanol–water partition coefficient (Wildman–Crippen LogP) is 5.85. The van der Waals surface area contributed by atoms with Crippen LogP contribution in [0, 0.1) is 0 Å². The van der Waals surface area contributed by atoms with Gasteiger partial charge in [0.2, 0.25) is 0 Å². The van der Waals surface area contributed by atoms with E-state index >= 15 is 0 Å². The lowest BCUT2D eigenvalue weighted by atomic mass is 9.87. The Kier molecular flexibility index (Phi) is 6.46. The molecule has 0 bridgehead atoms. The highest BCUT2D eigenvalue weighted by Crippen LogP contribution is 2.28. The zero-order valence-corrected chi connectivity index (χ0v) is 18.2. The number of hydrogen-bond donors (Lipinski definition) is 0. The number of hydrogen-bond acceptors (Lipinski definition) is 3. The number of thioether (sulfide) groups is 1. The standard InChI is InChI=1S/C22H27BrN2S/c1-22(2,3)19-11-9-18(10-12-19)16-25(15-17-7-5-4-6-8-17)21-24-14-20(13-23)26-21/h4-12,20H,13-16H2,1-3H3. The summed E-state index contributed by atoms with van der Waals surface area (Å²) in [6.45, 7) is 9.46. The van der Waals surface area contributed by atoms with Gasteiger partial charge in [-0.15, -0.1) is 0 Å². The molecule has 0 saturated heterocycles. The third kappa shape index (κ3) is 5.14. The number of alkyl halides is 1. The summed E-state index contributed by atoms with van der Waals surface area (Å²) in [6, 6.07) is 19.7. The molecule has 3 rings (SSSR count). The summed E-state index contributed by atoms with van der Waals surface area (Å²) in [5.41, 5.74) is 4.23. The van der Waals surface area contributed by atoms with Crippen LogP contribution in [0.4, 0.5) is 0 Å². The smallest absolute Gasteiger partial charge is 0.160 e. The SMILES string of the molecule is CC(C)(C)c1ccc(CN(Cc2ccccc2)C2=NCC(CBr)S2)cc1. The summed E-state index contributed by atoms with van der Waals surface area (Å²) in [7, 11) is 0. The van der Waals surface area contributed by atoms with Crippen LogP contribution in [0.15, 0.2) is 59.6 Å². The molecule has 1 atom stereocenters. The van der Waals surface area contributed by atoms with Gasteiger partial charge in [0.1, 0.15) is 0 Å². The van der Waals surface area contributed by atoms with Gasteiger partial charge in [-0.2, -0.15) is 0 Å². The zero-order chi connectivity index (χ0) is 18.6. The average Bonchev–Trinajstić information content (AvgIpc) is 3.11. The van der Waals surface area contributed by atoms with Crippen molar-refractivity contribution in [2.24, 2.45) is 4.99 Å². The molecular weight excluding hydrogens is 404 g/mol. The molecule has 0 aromatic heterocycles. The maximum Gasteiger partial charge on any atom is 0.160 e. The molecule has 0 N–H and O–H groups in total. The van der Waals surface area contributed by atoms with Crippen molar-refractivity contribution < 1.29 is 0 Å². The van der Waals surface area contributed by atoms with Gasteiger partial charge in [-0.1, -0.05) is 103 Å². The average molecular weight is 431 g/mol. The van der Waals surface area contributed by atoms with Crippen LogP contribution in [-0.2, 0) is 18.5 Å². The predicted molar refractivity (Wildman–Crippen MR) is 118 cm³/mol. The fourth-order valence-electron chi connectivity index (χ4n) is 2.98. The van der Waals surface area contributed by atoms with Crippen LogP contribution in [0.1, 0.15) is 37.5 Å². The molecule has 4 heteroatoms. The Morgan fingerprint density at radius 3 is 2.15 bits per heavy atom. The molecule has 2 aromatic rings. The van der Waals surface area contributed by atoms with Gasteiger partial charge >= 0.3 is 0 Å². The number of nitrogens with zero attached hydrogens (tertiary/aromatic N) is 2. The number of benzene rings is 2. The Hall–Kier alpha value is -1.26. The minimum Gasteiger partial charge on any atom is -0.343 e. The molecule has 1 unspecified atom stereocenters. The van der Waals surface area contributed by atoms with E-state index in [2.05, 4.69) is 96.2 Å². The Balaban J connectivity index is 1.77. The molecule has 2 aromatic carbocycles. The molecule has 0 amide bonds. The van der Waals surface area contributed by atoms with E-state index in [0.717, 1.165) is 25.0 Å². The second-order valence-corrected chi connectivity index (χ2v) is 9.72. The molecule has 0 spiro atoms. The topological polar surface area (TPSA) is 15.6 Å². The molecule has 1 heterocycles. The van der Waals surface area contributed by atoms with Crippen molar-refractivity contribution in [3.8, 4) is 0 Å². The van der Waals surface area contributed by atoms with Gasteiger partial charge in [-0.05, 0) is 22.1 Å². The minimum absolute atomic E-state index is 0.191. The van der Waals surface area contributed by atoms with Gasteiger partial charge in [0.15, 0.2) is 5.17 Å². The first-order valence-electron chi connectivity index (χ1n) is 9.11. The third-order valence-electron chi connectivity index (χ3n) is 4.55. The normalized spacial score (nSPS) is 17.2. The summed E-state index contributed by atoms with van der Waals surface area (Å²) >= 11 is 5.49. The molecule has 0 aliphatic carbocycles. The van der Waals surface area contributed by atoms with Gasteiger partial charge < -0.3 is 4.90 Å². The fourth-order valence-corrected chi connectivity index (χ4v) is 4.52. The second kappa shape index (κ2) is 8.62. The maximum absolute atomic E-state index is 4.81. The molecule has 0 radical (unpaired) electrons. The molecule has 0 saturated carbocycles. The lowest BCUT2D eigenvalue weighted by Gasteiger charge is -2.25. The van der Waals surface area contributed by atoms with Crippen molar-refractivity contribution in [3.05, 3.63) is 71.3 Å². The third-order valence-corrected chi connectivity index (χ3v) is 7.01. The summed E-state index contributed by atoms with van der Waals surface area (Å²) in [4.78, 5) is 7.22. The van der Waals surface area contributed by atoms with Crippen molar-refractivity contribution in [1.29, 1.82) is 0 Å². The number of rotatable bonds is 5. The molecular formula is C22H27BrN2S. The summed E-state index contributed by atoms with van der Waals surface area (Å²) in [6.07, 6.45) is 0. The maximum atomic E-state index is 4.81. The first-order valence-corrected chi connectivity index (χ1v) is 11.1. The summed E-state index contributed by atoms with van der Waals surface area (Å²) in [5.74, 6) is 0. The molecule has 1 aliphatic heterocycles. The Labute approximate surface area is 170 Å². The van der Waals surface area contributed by atoms with E-state index in [9.17, 15) is 0 Å². The highest BCUT2D eigenvalue weighted by atomic mass is 79.9. The number of amidine groups is 1. The van der Waals surface area contributed by atoms with E-state index < -0.39 is 0 Å². The second-order valence-electron chi connectivity index (χ2n) is 7.81. The van der Waals surface area contributed by atoms with Crippen molar-refractivity contribution in [2.75, 3.05) is 11.9 Å². The first-order chi connectivity index (χ1) is 12.5. The van der Waals surface area contributed by atoms with Crippen LogP contribution in [0.5, 0.6) is 0 Å². The fraction of sp³-hybridized carbons (Fsp3) is 0.409. The lowest BCUT2D eigenvalue weighted by molar-refractivity contribution is 0.414. The van der Waals surface area contributed by atoms with E-state index in [4.69, 9.17) is 4.99 Å². The monoisotopic (exact) mass is 430 g/mol. The van der Waals surface area contributed by atoms with Crippen molar-refractivity contribution >= 4 is 32.9 Å². The quantitative estimate of drug-likeness (QED) is 0.552. The number of halogens is 1. The molecule has 138 valence electrons. The van der Waals surface area contributed by atoms with E-state index in [-0.39, 0.29) is 5.41 Å². The van der Waals surface area contributed by atoms with E-state index in [0.29, 0.717) is 5.25 Å². The van der Waals surface area contributed by atoms with Crippen LogP contribution in [0.2, 0.25) is 0 Å². The van der Waals surface area contributed by atoms with E-state index in [1.54, 1.807) is 0 Å². The Bertz CT molecular complexity index is 735. The van der Waals surface area contributed by atoms with Crippen LogP contribution in [0.25, 0.3) is 0 Å². The summed E-state index contributed by atoms with van der Waals surface area (Å²) in [5, 5.41) is 2.70. The van der Waals surface area contributed by atoms with Crippen molar-refractivity contribution in [1.82, 2.24) is 4.90 Å². The van der Waals surface area contributed by atoms with Crippen LogP contribution < -0.4 is 0 Å². The van der Waals surface area contributed by atoms with Gasteiger partial charge in [0, 0.05) is 23.7 Å². The van der Waals surface area contributed by atoms with Crippen LogP contribution in [-0.4, -0.2) is 27.2 Å². The van der Waals surface area contributed by atoms with Gasteiger partial charge in [0.05, 0.1) is 6.54 Å². The molecule has 26 heavy (non-hydrogen) atoms. The highest BCUT2D eigenvalue weighted by Gasteiger charge is 2.23. The minimum atomic E-state index is 0.191.